The standard InChI is InChI=1S/C18H18/c1-15-9-3-5-11-17(15)13-7-8-14-18-12-6-4-10-16(18)2/h3-14H,1-2H3/b13-7-,14-8?. The van der Waals surface area contributed by atoms with Crippen LogP contribution in [-0.2, 0) is 0 Å². The number of hydrogen-bond acceptors (Lipinski definition) is 0. The van der Waals surface area contributed by atoms with E-state index >= 15 is 0 Å². The molecule has 2 rings (SSSR count). The van der Waals surface area contributed by atoms with Gasteiger partial charge in [-0.1, -0.05) is 72.8 Å². The molecule has 0 nitrogen and oxygen atoms in total. The maximum absolute atomic E-state index is 2.14. The molecular formula is C18H18. The largest absolute Gasteiger partial charge is 0.0620 e. The van der Waals surface area contributed by atoms with E-state index in [0.29, 0.717) is 0 Å². The van der Waals surface area contributed by atoms with Gasteiger partial charge in [0, 0.05) is 0 Å². The van der Waals surface area contributed by atoms with Crippen molar-refractivity contribution in [1.29, 1.82) is 0 Å². The number of allylic oxidation sites excluding steroid dienone is 2. The zero-order valence-corrected chi connectivity index (χ0v) is 10.9. The molecule has 0 aliphatic carbocycles. The quantitative estimate of drug-likeness (QED) is 0.653. The molecule has 0 aliphatic rings. The summed E-state index contributed by atoms with van der Waals surface area (Å²) in [5, 5.41) is 0. The molecule has 0 aromatic heterocycles. The minimum absolute atomic E-state index is 1.27. The molecule has 0 saturated heterocycles. The summed E-state index contributed by atoms with van der Waals surface area (Å²) >= 11 is 0. The number of hydrogen-bond donors (Lipinski definition) is 0. The fourth-order valence-corrected chi connectivity index (χ4v) is 1.87. The van der Waals surface area contributed by atoms with Crippen LogP contribution in [0.3, 0.4) is 0 Å². The second-order valence-electron chi connectivity index (χ2n) is 4.43. The van der Waals surface area contributed by atoms with E-state index in [9.17, 15) is 0 Å². The lowest BCUT2D eigenvalue weighted by atomic mass is 10.1. The Morgan fingerprint density at radius 2 is 1.00 bits per heavy atom. The second-order valence-corrected chi connectivity index (χ2v) is 4.43. The zero-order chi connectivity index (χ0) is 12.8. The third kappa shape index (κ3) is 3.21. The highest BCUT2D eigenvalue weighted by Gasteiger charge is 1.90. The molecule has 0 heteroatoms. The van der Waals surface area contributed by atoms with Crippen LogP contribution in [-0.4, -0.2) is 0 Å². The maximum atomic E-state index is 2.14. The molecule has 0 spiro atoms. The summed E-state index contributed by atoms with van der Waals surface area (Å²) in [5.74, 6) is 0. The van der Waals surface area contributed by atoms with Crippen LogP contribution >= 0.6 is 0 Å². The first kappa shape index (κ1) is 12.4. The van der Waals surface area contributed by atoms with Crippen molar-refractivity contribution in [3.8, 4) is 0 Å². The first-order valence-corrected chi connectivity index (χ1v) is 6.23. The Morgan fingerprint density at radius 1 is 0.611 bits per heavy atom. The van der Waals surface area contributed by atoms with Crippen LogP contribution in [0.5, 0.6) is 0 Å². The molecule has 0 unspecified atom stereocenters. The average molecular weight is 234 g/mol. The van der Waals surface area contributed by atoms with Crippen molar-refractivity contribution >= 4 is 12.2 Å². The first-order valence-electron chi connectivity index (χ1n) is 6.23. The van der Waals surface area contributed by atoms with E-state index in [4.69, 9.17) is 0 Å². The van der Waals surface area contributed by atoms with Crippen LogP contribution in [0.15, 0.2) is 60.7 Å². The topological polar surface area (TPSA) is 0 Å². The van der Waals surface area contributed by atoms with E-state index < -0.39 is 0 Å². The third-order valence-corrected chi connectivity index (χ3v) is 3.04. The van der Waals surface area contributed by atoms with Gasteiger partial charge in [-0.2, -0.15) is 0 Å². The van der Waals surface area contributed by atoms with Gasteiger partial charge in [0.05, 0.1) is 0 Å². The molecule has 2 aromatic rings. The Hall–Kier alpha value is -2.08. The van der Waals surface area contributed by atoms with Crippen molar-refractivity contribution in [3.05, 3.63) is 82.9 Å². The van der Waals surface area contributed by atoms with E-state index in [0.717, 1.165) is 0 Å². The number of rotatable bonds is 3. The van der Waals surface area contributed by atoms with Crippen LogP contribution in [0.4, 0.5) is 0 Å². The fourth-order valence-electron chi connectivity index (χ4n) is 1.87. The van der Waals surface area contributed by atoms with E-state index in [1.54, 1.807) is 0 Å². The van der Waals surface area contributed by atoms with E-state index in [-0.39, 0.29) is 0 Å². The monoisotopic (exact) mass is 234 g/mol. The first-order chi connectivity index (χ1) is 8.77. The van der Waals surface area contributed by atoms with Crippen LogP contribution < -0.4 is 0 Å². The fraction of sp³-hybridized carbons (Fsp3) is 0.111. The predicted octanol–water partition coefficient (Wildman–Crippen LogP) is 5.03. The Morgan fingerprint density at radius 3 is 1.39 bits per heavy atom. The highest BCUT2D eigenvalue weighted by Crippen LogP contribution is 2.11. The molecular weight excluding hydrogens is 216 g/mol. The molecule has 2 aromatic carbocycles. The zero-order valence-electron chi connectivity index (χ0n) is 10.9. The second kappa shape index (κ2) is 6.02. The van der Waals surface area contributed by atoms with Gasteiger partial charge < -0.3 is 0 Å². The van der Waals surface area contributed by atoms with Gasteiger partial charge in [0.15, 0.2) is 0 Å². The summed E-state index contributed by atoms with van der Waals surface area (Å²) in [6, 6.07) is 16.8. The Balaban J connectivity index is 2.08. The van der Waals surface area contributed by atoms with E-state index in [1.807, 2.05) is 0 Å². The lowest BCUT2D eigenvalue weighted by molar-refractivity contribution is 1.44. The van der Waals surface area contributed by atoms with Crippen LogP contribution in [0.1, 0.15) is 22.3 Å². The van der Waals surface area contributed by atoms with Gasteiger partial charge >= 0.3 is 0 Å². The lowest BCUT2D eigenvalue weighted by Gasteiger charge is -1.98. The van der Waals surface area contributed by atoms with Gasteiger partial charge in [0.2, 0.25) is 0 Å². The molecule has 18 heavy (non-hydrogen) atoms. The SMILES string of the molecule is Cc1ccccc1C=C/C=C\c1ccccc1C. The smallest absolute Gasteiger partial charge is 0.0227 e. The summed E-state index contributed by atoms with van der Waals surface area (Å²) in [4.78, 5) is 0. The number of aryl methyl sites for hydroxylation is 2. The van der Waals surface area contributed by atoms with Crippen molar-refractivity contribution < 1.29 is 0 Å². The molecule has 90 valence electrons. The van der Waals surface area contributed by atoms with Crippen molar-refractivity contribution in [2.75, 3.05) is 0 Å². The van der Waals surface area contributed by atoms with Gasteiger partial charge in [0.1, 0.15) is 0 Å². The van der Waals surface area contributed by atoms with Gasteiger partial charge in [0.25, 0.3) is 0 Å². The minimum atomic E-state index is 1.27. The van der Waals surface area contributed by atoms with Crippen molar-refractivity contribution in [2.24, 2.45) is 0 Å². The molecule has 0 radical (unpaired) electrons. The van der Waals surface area contributed by atoms with Gasteiger partial charge in [-0.3, -0.25) is 0 Å². The normalized spacial score (nSPS) is 11.4. The lowest BCUT2D eigenvalue weighted by Crippen LogP contribution is -1.78. The summed E-state index contributed by atoms with van der Waals surface area (Å²) in [5.41, 5.74) is 5.15. The molecule has 0 aliphatic heterocycles. The summed E-state index contributed by atoms with van der Waals surface area (Å²) < 4.78 is 0. The number of benzene rings is 2. The molecule has 0 fully saturated rings. The molecule has 0 heterocycles. The summed E-state index contributed by atoms with van der Waals surface area (Å²) in [7, 11) is 0. The molecule has 0 saturated carbocycles. The summed E-state index contributed by atoms with van der Waals surface area (Å²) in [6.07, 6.45) is 8.47. The molecule has 0 amide bonds. The third-order valence-electron chi connectivity index (χ3n) is 3.04. The Kier molecular flexibility index (Phi) is 4.14. The van der Waals surface area contributed by atoms with Gasteiger partial charge in [-0.05, 0) is 36.1 Å². The van der Waals surface area contributed by atoms with Crippen molar-refractivity contribution in [3.63, 3.8) is 0 Å². The summed E-state index contributed by atoms with van der Waals surface area (Å²) in [6.45, 7) is 4.26. The van der Waals surface area contributed by atoms with E-state index in [1.165, 1.54) is 22.3 Å². The van der Waals surface area contributed by atoms with Crippen LogP contribution in [0.2, 0.25) is 0 Å². The molecule has 0 atom stereocenters. The Labute approximate surface area is 109 Å². The van der Waals surface area contributed by atoms with E-state index in [2.05, 4.69) is 86.7 Å². The molecule has 0 N–H and O–H groups in total. The highest BCUT2D eigenvalue weighted by atomic mass is 14.0. The van der Waals surface area contributed by atoms with Gasteiger partial charge in [-0.25, -0.2) is 0 Å². The van der Waals surface area contributed by atoms with Gasteiger partial charge in [-0.15, -0.1) is 0 Å². The maximum Gasteiger partial charge on any atom is -0.0227 e. The van der Waals surface area contributed by atoms with Crippen molar-refractivity contribution in [2.45, 2.75) is 13.8 Å². The minimum Gasteiger partial charge on any atom is -0.0620 e. The average Bonchev–Trinajstić information content (AvgIpc) is 2.38. The van der Waals surface area contributed by atoms with Crippen LogP contribution in [0, 0.1) is 13.8 Å². The van der Waals surface area contributed by atoms with Crippen molar-refractivity contribution in [1.82, 2.24) is 0 Å². The highest BCUT2D eigenvalue weighted by molar-refractivity contribution is 5.60. The Bertz CT molecular complexity index is 521. The predicted molar refractivity (Wildman–Crippen MR) is 80.4 cm³/mol. The van der Waals surface area contributed by atoms with Crippen LogP contribution in [0.25, 0.3) is 12.2 Å². The molecule has 0 bridgehead atoms.